The van der Waals surface area contributed by atoms with Gasteiger partial charge >= 0.3 is 0 Å². The number of imidazole rings is 1. The molecule has 0 aliphatic carbocycles. The van der Waals surface area contributed by atoms with E-state index in [1.165, 1.54) is 5.69 Å². The first-order chi connectivity index (χ1) is 12.1. The molecule has 4 rings (SSSR count). The molecule has 7 nitrogen and oxygen atoms in total. The van der Waals surface area contributed by atoms with Gasteiger partial charge in [0.2, 0.25) is 5.95 Å². The number of rotatable bonds is 3. The maximum Gasteiger partial charge on any atom is 0.225 e. The average molecular weight is 341 g/mol. The lowest BCUT2D eigenvalue weighted by atomic mass is 10.2. The summed E-state index contributed by atoms with van der Waals surface area (Å²) in [7, 11) is 2.20. The van der Waals surface area contributed by atoms with E-state index in [-0.39, 0.29) is 6.04 Å². The molecule has 0 bridgehead atoms. The first kappa shape index (κ1) is 16.5. The molecule has 1 fully saturated rings. The van der Waals surface area contributed by atoms with Crippen LogP contribution >= 0.6 is 0 Å². The van der Waals surface area contributed by atoms with Crippen LogP contribution in [0, 0.1) is 6.92 Å². The van der Waals surface area contributed by atoms with Gasteiger partial charge in [-0.3, -0.25) is 4.90 Å². The van der Waals surface area contributed by atoms with Gasteiger partial charge in [0.15, 0.2) is 0 Å². The summed E-state index contributed by atoms with van der Waals surface area (Å²) >= 11 is 0. The Kier molecular flexibility index (Phi) is 4.43. The van der Waals surface area contributed by atoms with Gasteiger partial charge in [-0.05, 0) is 26.5 Å². The molecule has 0 radical (unpaired) electrons. The maximum absolute atomic E-state index is 4.74. The summed E-state index contributed by atoms with van der Waals surface area (Å²) < 4.78 is 2.40. The van der Waals surface area contributed by atoms with E-state index in [9.17, 15) is 0 Å². The predicted octanol–water partition coefficient (Wildman–Crippen LogP) is 1.31. The minimum atomic E-state index is 0.192. The Morgan fingerprint density at radius 2 is 1.68 bits per heavy atom. The van der Waals surface area contributed by atoms with Gasteiger partial charge in [-0.1, -0.05) is 0 Å². The molecule has 2 aliphatic heterocycles. The van der Waals surface area contributed by atoms with Crippen molar-refractivity contribution in [2.75, 3.05) is 44.7 Å². The molecule has 25 heavy (non-hydrogen) atoms. The molecule has 134 valence electrons. The van der Waals surface area contributed by atoms with Crippen molar-refractivity contribution >= 4 is 5.95 Å². The normalized spacial score (nSPS) is 22.2. The Hall–Kier alpha value is -1.99. The number of hydrogen-bond acceptors (Lipinski definition) is 6. The van der Waals surface area contributed by atoms with Crippen molar-refractivity contribution in [3.63, 3.8) is 0 Å². The quantitative estimate of drug-likeness (QED) is 0.839. The van der Waals surface area contributed by atoms with E-state index < -0.39 is 0 Å². The minimum Gasteiger partial charge on any atom is -0.329 e. The summed E-state index contributed by atoms with van der Waals surface area (Å²) in [5.74, 6) is 1.92. The second-order valence-corrected chi connectivity index (χ2v) is 7.27. The van der Waals surface area contributed by atoms with Gasteiger partial charge in [-0.2, -0.15) is 0 Å². The van der Waals surface area contributed by atoms with Crippen LogP contribution < -0.4 is 4.90 Å². The molecule has 0 spiro atoms. The smallest absolute Gasteiger partial charge is 0.225 e. The van der Waals surface area contributed by atoms with Crippen molar-refractivity contribution in [1.29, 1.82) is 0 Å². The second-order valence-electron chi connectivity index (χ2n) is 7.27. The molecular formula is C18H27N7. The van der Waals surface area contributed by atoms with Crippen LogP contribution in [0.3, 0.4) is 0 Å². The summed E-state index contributed by atoms with van der Waals surface area (Å²) in [6.45, 7) is 11.6. The summed E-state index contributed by atoms with van der Waals surface area (Å²) in [4.78, 5) is 20.9. The SMILES string of the molecule is Cc1cnc(N2CCn3c(CN4CCN(C)CC4)cnc3C2C)nc1. The van der Waals surface area contributed by atoms with Gasteiger partial charge in [0.1, 0.15) is 5.82 Å². The number of anilines is 1. The van der Waals surface area contributed by atoms with Crippen molar-refractivity contribution < 1.29 is 0 Å². The number of nitrogens with zero attached hydrogens (tertiary/aromatic N) is 7. The van der Waals surface area contributed by atoms with Crippen LogP contribution in [0.15, 0.2) is 18.6 Å². The lowest BCUT2D eigenvalue weighted by Crippen LogP contribution is -2.44. The molecule has 7 heteroatoms. The summed E-state index contributed by atoms with van der Waals surface area (Å²) in [6, 6.07) is 0.192. The van der Waals surface area contributed by atoms with Crippen molar-refractivity contribution in [3.8, 4) is 0 Å². The van der Waals surface area contributed by atoms with Gasteiger partial charge in [-0.25, -0.2) is 15.0 Å². The largest absolute Gasteiger partial charge is 0.329 e. The number of fused-ring (bicyclic) bond motifs is 1. The highest BCUT2D eigenvalue weighted by Gasteiger charge is 2.29. The van der Waals surface area contributed by atoms with E-state index >= 15 is 0 Å². The van der Waals surface area contributed by atoms with Crippen LogP contribution in [0.4, 0.5) is 5.95 Å². The zero-order valence-electron chi connectivity index (χ0n) is 15.4. The molecule has 1 atom stereocenters. The van der Waals surface area contributed by atoms with Gasteiger partial charge < -0.3 is 14.4 Å². The van der Waals surface area contributed by atoms with E-state index in [1.54, 1.807) is 0 Å². The van der Waals surface area contributed by atoms with Crippen LogP contribution in [0.2, 0.25) is 0 Å². The Labute approximate surface area is 149 Å². The van der Waals surface area contributed by atoms with E-state index in [0.29, 0.717) is 0 Å². The third-order valence-corrected chi connectivity index (χ3v) is 5.38. The molecular weight excluding hydrogens is 314 g/mol. The zero-order chi connectivity index (χ0) is 17.4. The molecule has 0 saturated carbocycles. The lowest BCUT2D eigenvalue weighted by Gasteiger charge is -2.35. The highest BCUT2D eigenvalue weighted by Crippen LogP contribution is 2.28. The first-order valence-electron chi connectivity index (χ1n) is 9.12. The summed E-state index contributed by atoms with van der Waals surface area (Å²) in [5.41, 5.74) is 2.42. The standard InChI is InChI=1S/C18H27N7/c1-14-10-20-18(21-11-14)24-8-9-25-16(12-19-17(25)15(24)2)13-23-6-4-22(3)5-7-23/h10-12,15H,4-9,13H2,1-3H3. The zero-order valence-corrected chi connectivity index (χ0v) is 15.4. The molecule has 0 amide bonds. The highest BCUT2D eigenvalue weighted by molar-refractivity contribution is 5.35. The van der Waals surface area contributed by atoms with E-state index in [0.717, 1.165) is 63.1 Å². The molecule has 0 N–H and O–H groups in total. The lowest BCUT2D eigenvalue weighted by molar-refractivity contribution is 0.145. The summed E-state index contributed by atoms with van der Waals surface area (Å²) in [6.07, 6.45) is 5.83. The van der Waals surface area contributed by atoms with Gasteiger partial charge in [0.05, 0.1) is 11.7 Å². The maximum atomic E-state index is 4.74. The van der Waals surface area contributed by atoms with E-state index in [1.807, 2.05) is 19.3 Å². The molecule has 2 aromatic heterocycles. The number of aromatic nitrogens is 4. The van der Waals surface area contributed by atoms with Crippen molar-refractivity contribution in [2.45, 2.75) is 33.0 Å². The molecule has 1 saturated heterocycles. The number of piperazine rings is 1. The number of aryl methyl sites for hydroxylation is 1. The third-order valence-electron chi connectivity index (χ3n) is 5.38. The average Bonchev–Trinajstić information content (AvgIpc) is 3.02. The fourth-order valence-electron chi connectivity index (χ4n) is 3.73. The van der Waals surface area contributed by atoms with E-state index in [2.05, 4.69) is 49.4 Å². The third kappa shape index (κ3) is 3.26. The number of hydrogen-bond donors (Lipinski definition) is 0. The minimum absolute atomic E-state index is 0.192. The van der Waals surface area contributed by atoms with Crippen molar-refractivity contribution in [1.82, 2.24) is 29.3 Å². The topological polar surface area (TPSA) is 53.3 Å². The molecule has 0 aromatic carbocycles. The Morgan fingerprint density at radius 1 is 0.960 bits per heavy atom. The molecule has 4 heterocycles. The molecule has 2 aromatic rings. The Balaban J connectivity index is 1.50. The first-order valence-corrected chi connectivity index (χ1v) is 9.12. The fourth-order valence-corrected chi connectivity index (χ4v) is 3.73. The summed E-state index contributed by atoms with van der Waals surface area (Å²) in [5, 5.41) is 0. The number of likely N-dealkylation sites (N-methyl/N-ethyl adjacent to an activating group) is 1. The van der Waals surface area contributed by atoms with Gasteiger partial charge in [0, 0.05) is 64.4 Å². The fraction of sp³-hybridized carbons (Fsp3) is 0.611. The van der Waals surface area contributed by atoms with Crippen LogP contribution in [-0.4, -0.2) is 69.1 Å². The van der Waals surface area contributed by atoms with Crippen LogP contribution in [-0.2, 0) is 13.1 Å². The molecule has 2 aliphatic rings. The van der Waals surface area contributed by atoms with Crippen LogP contribution in [0.25, 0.3) is 0 Å². The van der Waals surface area contributed by atoms with Crippen molar-refractivity contribution in [2.24, 2.45) is 0 Å². The molecule has 1 unspecified atom stereocenters. The van der Waals surface area contributed by atoms with Crippen LogP contribution in [0.1, 0.15) is 30.0 Å². The van der Waals surface area contributed by atoms with Gasteiger partial charge in [-0.15, -0.1) is 0 Å². The van der Waals surface area contributed by atoms with E-state index in [4.69, 9.17) is 4.98 Å². The van der Waals surface area contributed by atoms with Crippen molar-refractivity contribution in [3.05, 3.63) is 35.7 Å². The van der Waals surface area contributed by atoms with Gasteiger partial charge in [0.25, 0.3) is 0 Å². The Bertz CT molecular complexity index is 716. The monoisotopic (exact) mass is 341 g/mol. The second kappa shape index (κ2) is 6.72. The predicted molar refractivity (Wildman–Crippen MR) is 97.5 cm³/mol. The Morgan fingerprint density at radius 3 is 2.40 bits per heavy atom. The van der Waals surface area contributed by atoms with Crippen LogP contribution in [0.5, 0.6) is 0 Å². The highest BCUT2D eigenvalue weighted by atomic mass is 15.3.